The summed E-state index contributed by atoms with van der Waals surface area (Å²) in [6.45, 7) is 0.314. The first kappa shape index (κ1) is 13.6. The van der Waals surface area contributed by atoms with Crippen molar-refractivity contribution < 1.29 is 8.42 Å². The van der Waals surface area contributed by atoms with Crippen LogP contribution in [0.5, 0.6) is 0 Å². The van der Waals surface area contributed by atoms with Gasteiger partial charge in [0, 0.05) is 19.3 Å². The predicted molar refractivity (Wildman–Crippen MR) is 73.3 cm³/mol. The third-order valence-electron chi connectivity index (χ3n) is 4.29. The van der Waals surface area contributed by atoms with Gasteiger partial charge in [0.2, 0.25) is 0 Å². The van der Waals surface area contributed by atoms with Crippen LogP contribution in [-0.4, -0.2) is 49.9 Å². The van der Waals surface area contributed by atoms with Crippen molar-refractivity contribution >= 4 is 15.8 Å². The summed E-state index contributed by atoms with van der Waals surface area (Å²) in [6.07, 6.45) is 7.02. The highest BCUT2D eigenvalue weighted by Gasteiger charge is 2.43. The van der Waals surface area contributed by atoms with Crippen LogP contribution in [0.2, 0.25) is 0 Å². The lowest BCUT2D eigenvalue weighted by atomic mass is 10.1. The minimum absolute atomic E-state index is 0.314. The molecule has 0 radical (unpaired) electrons. The van der Waals surface area contributed by atoms with Gasteiger partial charge in [-0.2, -0.15) is 0 Å². The van der Waals surface area contributed by atoms with Crippen LogP contribution in [0.1, 0.15) is 38.5 Å². The molecular formula is C12H23N3O2S. The Morgan fingerprint density at radius 1 is 1.39 bits per heavy atom. The average molecular weight is 273 g/mol. The van der Waals surface area contributed by atoms with Gasteiger partial charge in [0.25, 0.3) is 0 Å². The number of hydrogen-bond donors (Lipinski definition) is 1. The molecule has 5 nitrogen and oxygen atoms in total. The van der Waals surface area contributed by atoms with E-state index in [1.807, 2.05) is 11.9 Å². The summed E-state index contributed by atoms with van der Waals surface area (Å²) < 4.78 is 23.3. The number of rotatable bonds is 4. The van der Waals surface area contributed by atoms with Crippen LogP contribution < -0.4 is 5.73 Å². The number of aliphatic imine (C=N–C) groups is 1. The van der Waals surface area contributed by atoms with Gasteiger partial charge in [0.1, 0.15) is 0 Å². The highest BCUT2D eigenvalue weighted by atomic mass is 32.2. The molecule has 0 aromatic carbocycles. The van der Waals surface area contributed by atoms with Gasteiger partial charge in [-0.3, -0.25) is 4.99 Å². The van der Waals surface area contributed by atoms with Crippen molar-refractivity contribution in [2.45, 2.75) is 49.3 Å². The summed E-state index contributed by atoms with van der Waals surface area (Å²) >= 11 is 0. The van der Waals surface area contributed by atoms with Crippen LogP contribution in [0.3, 0.4) is 0 Å². The fraction of sp³-hybridized carbons (Fsp3) is 0.917. The molecule has 0 heterocycles. The monoisotopic (exact) mass is 273 g/mol. The Morgan fingerprint density at radius 2 is 1.94 bits per heavy atom. The Balaban J connectivity index is 2.08. The lowest BCUT2D eigenvalue weighted by Crippen LogP contribution is -2.41. The smallest absolute Gasteiger partial charge is 0.191 e. The first-order chi connectivity index (χ1) is 8.36. The van der Waals surface area contributed by atoms with Crippen LogP contribution >= 0.6 is 0 Å². The number of nitrogens with zero attached hydrogens (tertiary/aromatic N) is 2. The van der Waals surface area contributed by atoms with E-state index in [0.29, 0.717) is 18.5 Å². The van der Waals surface area contributed by atoms with E-state index < -0.39 is 14.6 Å². The SMILES string of the molecule is CN(C(N)=NCC1(S(C)(=O)=O)CCCC1)C1CC1. The van der Waals surface area contributed by atoms with Crippen molar-refractivity contribution in [1.82, 2.24) is 4.90 Å². The molecule has 18 heavy (non-hydrogen) atoms. The normalized spacial score (nSPS) is 24.2. The van der Waals surface area contributed by atoms with E-state index in [-0.39, 0.29) is 0 Å². The molecule has 2 fully saturated rings. The van der Waals surface area contributed by atoms with E-state index in [1.54, 1.807) is 0 Å². The lowest BCUT2D eigenvalue weighted by molar-refractivity contribution is 0.479. The zero-order valence-electron chi connectivity index (χ0n) is 11.2. The maximum absolute atomic E-state index is 12.0. The van der Waals surface area contributed by atoms with Gasteiger partial charge in [0.05, 0.1) is 11.3 Å². The zero-order chi connectivity index (χ0) is 13.4. The Kier molecular flexibility index (Phi) is 3.58. The fourth-order valence-electron chi connectivity index (χ4n) is 2.65. The van der Waals surface area contributed by atoms with Gasteiger partial charge in [-0.1, -0.05) is 12.8 Å². The minimum atomic E-state index is -3.07. The maximum Gasteiger partial charge on any atom is 0.191 e. The lowest BCUT2D eigenvalue weighted by Gasteiger charge is -2.26. The molecule has 0 bridgehead atoms. The van der Waals surface area contributed by atoms with Crippen molar-refractivity contribution in [3.63, 3.8) is 0 Å². The summed E-state index contributed by atoms with van der Waals surface area (Å²) in [6, 6.07) is 0.506. The second kappa shape index (κ2) is 4.72. The van der Waals surface area contributed by atoms with E-state index in [9.17, 15) is 8.42 Å². The highest BCUT2D eigenvalue weighted by molar-refractivity contribution is 7.92. The van der Waals surface area contributed by atoms with Gasteiger partial charge < -0.3 is 10.6 Å². The molecule has 0 spiro atoms. The van der Waals surface area contributed by atoms with Gasteiger partial charge in [-0.05, 0) is 25.7 Å². The first-order valence-corrected chi connectivity index (χ1v) is 8.47. The second-order valence-corrected chi connectivity index (χ2v) is 8.09. The summed E-state index contributed by atoms with van der Waals surface area (Å²) in [5, 5.41) is 0. The molecular weight excluding hydrogens is 250 g/mol. The van der Waals surface area contributed by atoms with Crippen molar-refractivity contribution in [3.8, 4) is 0 Å². The zero-order valence-corrected chi connectivity index (χ0v) is 12.0. The molecule has 2 N–H and O–H groups in total. The molecule has 2 rings (SSSR count). The quantitative estimate of drug-likeness (QED) is 0.606. The minimum Gasteiger partial charge on any atom is -0.370 e. The maximum atomic E-state index is 12.0. The molecule has 0 aromatic rings. The molecule has 0 amide bonds. The third-order valence-corrected chi connectivity index (χ3v) is 6.40. The Bertz CT molecular complexity index is 434. The van der Waals surface area contributed by atoms with Crippen LogP contribution in [0.4, 0.5) is 0 Å². The van der Waals surface area contributed by atoms with Crippen LogP contribution in [0.25, 0.3) is 0 Å². The number of sulfone groups is 1. The Morgan fingerprint density at radius 3 is 2.39 bits per heavy atom. The molecule has 104 valence electrons. The molecule has 0 aliphatic heterocycles. The topological polar surface area (TPSA) is 75.8 Å². The predicted octanol–water partition coefficient (Wildman–Crippen LogP) is 0.753. The van der Waals surface area contributed by atoms with Crippen molar-refractivity contribution in [1.29, 1.82) is 0 Å². The van der Waals surface area contributed by atoms with Gasteiger partial charge in [-0.25, -0.2) is 8.42 Å². The molecule has 0 aromatic heterocycles. The Labute approximate surface area is 109 Å². The van der Waals surface area contributed by atoms with Gasteiger partial charge >= 0.3 is 0 Å². The van der Waals surface area contributed by atoms with E-state index in [0.717, 1.165) is 38.5 Å². The van der Waals surface area contributed by atoms with Gasteiger partial charge in [0.15, 0.2) is 15.8 Å². The Hall–Kier alpha value is -0.780. The molecule has 2 aliphatic carbocycles. The first-order valence-electron chi connectivity index (χ1n) is 6.58. The molecule has 0 saturated heterocycles. The van der Waals surface area contributed by atoms with E-state index in [2.05, 4.69) is 4.99 Å². The fourth-order valence-corrected chi connectivity index (χ4v) is 3.98. The molecule has 0 atom stereocenters. The summed E-state index contributed by atoms with van der Waals surface area (Å²) in [4.78, 5) is 6.31. The highest BCUT2D eigenvalue weighted by Crippen LogP contribution is 2.36. The number of guanidine groups is 1. The van der Waals surface area contributed by atoms with E-state index in [4.69, 9.17) is 5.73 Å². The third kappa shape index (κ3) is 2.63. The summed E-state index contributed by atoms with van der Waals surface area (Å²) in [5.74, 6) is 0.479. The number of hydrogen-bond acceptors (Lipinski definition) is 3. The van der Waals surface area contributed by atoms with Crippen molar-refractivity contribution in [3.05, 3.63) is 0 Å². The second-order valence-electron chi connectivity index (χ2n) is 5.68. The van der Waals surface area contributed by atoms with Crippen LogP contribution in [-0.2, 0) is 9.84 Å². The van der Waals surface area contributed by atoms with Crippen LogP contribution in [0, 0.1) is 0 Å². The van der Waals surface area contributed by atoms with E-state index >= 15 is 0 Å². The van der Waals surface area contributed by atoms with Crippen molar-refractivity contribution in [2.75, 3.05) is 19.8 Å². The largest absolute Gasteiger partial charge is 0.370 e. The van der Waals surface area contributed by atoms with Crippen molar-refractivity contribution in [2.24, 2.45) is 10.7 Å². The summed E-state index contributed by atoms with van der Waals surface area (Å²) in [7, 11) is -1.14. The average Bonchev–Trinajstić information content (AvgIpc) is 3.02. The summed E-state index contributed by atoms with van der Waals surface area (Å²) in [5.41, 5.74) is 5.92. The molecule has 2 aliphatic rings. The standard InChI is InChI=1S/C12H23N3O2S/c1-15(10-5-6-10)11(13)14-9-12(18(2,16)17)7-3-4-8-12/h10H,3-9H2,1-2H3,(H2,13,14). The molecule has 0 unspecified atom stereocenters. The van der Waals surface area contributed by atoms with Gasteiger partial charge in [-0.15, -0.1) is 0 Å². The van der Waals surface area contributed by atoms with E-state index in [1.165, 1.54) is 6.26 Å². The van der Waals surface area contributed by atoms with Crippen LogP contribution in [0.15, 0.2) is 4.99 Å². The molecule has 6 heteroatoms. The molecule has 2 saturated carbocycles. The number of nitrogens with two attached hydrogens (primary N) is 1.